The lowest BCUT2D eigenvalue weighted by Gasteiger charge is -2.34. The van der Waals surface area contributed by atoms with E-state index < -0.39 is 28.5 Å². The summed E-state index contributed by atoms with van der Waals surface area (Å²) >= 11 is 0. The molecule has 0 unspecified atom stereocenters. The van der Waals surface area contributed by atoms with Crippen LogP contribution in [0.1, 0.15) is 37.0 Å². The molecule has 0 aromatic heterocycles. The average molecular weight is 628 g/mol. The Hall–Kier alpha value is -4.63. The molecule has 9 heteroatoms. The highest BCUT2D eigenvalue weighted by Crippen LogP contribution is 2.32. The van der Waals surface area contributed by atoms with Crippen molar-refractivity contribution in [3.05, 3.63) is 126 Å². The molecular weight excluding hydrogens is 586 g/mol. The largest absolute Gasteiger partial charge is 0.495 e. The summed E-state index contributed by atoms with van der Waals surface area (Å²) in [4.78, 5) is 30.1. The quantitative estimate of drug-likeness (QED) is 0.192. The molecule has 0 fully saturated rings. The maximum Gasteiger partial charge on any atom is 0.264 e. The predicted octanol–water partition coefficient (Wildman–Crippen LogP) is 5.75. The van der Waals surface area contributed by atoms with Crippen LogP contribution in [0.3, 0.4) is 0 Å². The molecule has 2 amide bonds. The first-order valence-corrected chi connectivity index (χ1v) is 16.5. The van der Waals surface area contributed by atoms with Crippen molar-refractivity contribution in [1.82, 2.24) is 10.2 Å². The van der Waals surface area contributed by atoms with E-state index in [2.05, 4.69) is 5.32 Å². The van der Waals surface area contributed by atoms with Gasteiger partial charge < -0.3 is 15.0 Å². The molecular formula is C36H41N3O5S. The third kappa shape index (κ3) is 8.30. The van der Waals surface area contributed by atoms with E-state index in [-0.39, 0.29) is 35.5 Å². The van der Waals surface area contributed by atoms with E-state index in [1.807, 2.05) is 75.4 Å². The van der Waals surface area contributed by atoms with Gasteiger partial charge in [0.2, 0.25) is 11.8 Å². The summed E-state index contributed by atoms with van der Waals surface area (Å²) in [6.07, 6.45) is 0.966. The Labute approximate surface area is 266 Å². The number of nitrogens with one attached hydrogen (secondary N) is 1. The van der Waals surface area contributed by atoms with E-state index >= 15 is 0 Å². The zero-order valence-corrected chi connectivity index (χ0v) is 27.0. The fraction of sp³-hybridized carbons (Fsp3) is 0.278. The molecule has 0 spiro atoms. The van der Waals surface area contributed by atoms with Crippen LogP contribution in [0.25, 0.3) is 0 Å². The zero-order valence-electron chi connectivity index (χ0n) is 26.2. The van der Waals surface area contributed by atoms with Crippen LogP contribution >= 0.6 is 0 Å². The van der Waals surface area contributed by atoms with Gasteiger partial charge in [0, 0.05) is 19.0 Å². The van der Waals surface area contributed by atoms with Crippen LogP contribution in [-0.2, 0) is 32.6 Å². The third-order valence-corrected chi connectivity index (χ3v) is 9.61. The summed E-state index contributed by atoms with van der Waals surface area (Å²) in [5, 5.41) is 3.06. The lowest BCUT2D eigenvalue weighted by Crippen LogP contribution is -2.54. The number of hydrogen-bond acceptors (Lipinski definition) is 5. The van der Waals surface area contributed by atoms with Crippen molar-refractivity contribution >= 4 is 27.5 Å². The van der Waals surface area contributed by atoms with E-state index in [4.69, 9.17) is 4.74 Å². The Bertz CT molecular complexity index is 1680. The molecule has 45 heavy (non-hydrogen) atoms. The molecule has 0 aliphatic heterocycles. The zero-order chi connectivity index (χ0) is 32.4. The molecule has 8 nitrogen and oxygen atoms in total. The lowest BCUT2D eigenvalue weighted by atomic mass is 10.0. The van der Waals surface area contributed by atoms with Crippen LogP contribution in [0.15, 0.2) is 114 Å². The van der Waals surface area contributed by atoms with Gasteiger partial charge in [0.05, 0.1) is 17.7 Å². The van der Waals surface area contributed by atoms with Crippen LogP contribution in [-0.4, -0.2) is 50.9 Å². The third-order valence-electron chi connectivity index (χ3n) is 7.84. The first-order valence-electron chi connectivity index (χ1n) is 15.0. The number of rotatable bonds is 14. The van der Waals surface area contributed by atoms with Gasteiger partial charge in [-0.3, -0.25) is 13.9 Å². The number of para-hydroxylation sites is 2. The van der Waals surface area contributed by atoms with E-state index in [1.165, 1.54) is 24.1 Å². The van der Waals surface area contributed by atoms with Gasteiger partial charge in [-0.1, -0.05) is 91.9 Å². The van der Waals surface area contributed by atoms with Gasteiger partial charge in [-0.2, -0.15) is 0 Å². The summed E-state index contributed by atoms with van der Waals surface area (Å²) in [6.45, 7) is 5.41. The minimum Gasteiger partial charge on any atom is -0.495 e. The molecule has 0 saturated heterocycles. The maximum absolute atomic E-state index is 14.6. The Kier molecular flexibility index (Phi) is 11.4. The van der Waals surface area contributed by atoms with E-state index in [1.54, 1.807) is 42.5 Å². The lowest BCUT2D eigenvalue weighted by molar-refractivity contribution is -0.140. The molecule has 0 saturated carbocycles. The van der Waals surface area contributed by atoms with Crippen LogP contribution < -0.4 is 14.4 Å². The number of anilines is 1. The van der Waals surface area contributed by atoms with Crippen molar-refractivity contribution in [3.63, 3.8) is 0 Å². The Morgan fingerprint density at radius 1 is 0.844 bits per heavy atom. The smallest absolute Gasteiger partial charge is 0.264 e. The van der Waals surface area contributed by atoms with Gasteiger partial charge in [0.25, 0.3) is 10.0 Å². The minimum absolute atomic E-state index is 0.0320. The number of benzene rings is 4. The second kappa shape index (κ2) is 15.4. The summed E-state index contributed by atoms with van der Waals surface area (Å²) in [5.41, 5.74) is 2.91. The van der Waals surface area contributed by atoms with Gasteiger partial charge in [-0.05, 0) is 61.2 Å². The first kappa shape index (κ1) is 33.3. The molecule has 0 heterocycles. The molecule has 1 N–H and O–H groups in total. The van der Waals surface area contributed by atoms with E-state index in [9.17, 15) is 18.0 Å². The van der Waals surface area contributed by atoms with Gasteiger partial charge in [-0.25, -0.2) is 8.42 Å². The SMILES string of the molecule is CC[C@H](C)NC(=O)[C@@H](Cc1ccccc1)N(Cc1ccccc1C)C(=O)CN(c1ccccc1OC)S(=O)(=O)c1ccccc1. The number of amides is 2. The standard InChI is InChI=1S/C36H41N3O5S/c1-5-28(3)37-36(41)33(24-29-17-8-6-9-18-29)38(25-30-19-13-12-16-27(30)2)35(40)26-39(32-22-14-15-23-34(32)44-4)45(42,43)31-20-10-7-11-21-31/h6-23,28,33H,5,24-26H2,1-4H3,(H,37,41)/t28-,33+/m0/s1. The molecule has 0 aliphatic rings. The summed E-state index contributed by atoms with van der Waals surface area (Å²) < 4.78 is 34.9. The molecule has 4 aromatic rings. The monoisotopic (exact) mass is 627 g/mol. The van der Waals surface area contributed by atoms with Crippen molar-refractivity contribution in [2.45, 2.75) is 57.1 Å². The molecule has 0 aliphatic carbocycles. The normalized spacial score (nSPS) is 12.5. The Balaban J connectivity index is 1.84. The van der Waals surface area contributed by atoms with Crippen LogP contribution in [0.2, 0.25) is 0 Å². The van der Waals surface area contributed by atoms with Crippen molar-refractivity contribution in [2.24, 2.45) is 0 Å². The highest BCUT2D eigenvalue weighted by molar-refractivity contribution is 7.92. The van der Waals surface area contributed by atoms with Gasteiger partial charge >= 0.3 is 0 Å². The number of aryl methyl sites for hydroxylation is 1. The predicted molar refractivity (Wildman–Crippen MR) is 178 cm³/mol. The minimum atomic E-state index is -4.22. The molecule has 2 atom stereocenters. The van der Waals surface area contributed by atoms with E-state index in [0.717, 1.165) is 21.0 Å². The fourth-order valence-electron chi connectivity index (χ4n) is 5.03. The second-order valence-corrected chi connectivity index (χ2v) is 12.8. The molecule has 236 valence electrons. The number of methoxy groups -OCH3 is 1. The van der Waals surface area contributed by atoms with Gasteiger partial charge in [0.15, 0.2) is 0 Å². The molecule has 0 radical (unpaired) electrons. The van der Waals surface area contributed by atoms with Crippen molar-refractivity contribution in [2.75, 3.05) is 18.0 Å². The van der Waals surface area contributed by atoms with E-state index in [0.29, 0.717) is 12.2 Å². The topological polar surface area (TPSA) is 96.0 Å². The highest BCUT2D eigenvalue weighted by atomic mass is 32.2. The van der Waals surface area contributed by atoms with Crippen LogP contribution in [0, 0.1) is 6.92 Å². The molecule has 0 bridgehead atoms. The highest BCUT2D eigenvalue weighted by Gasteiger charge is 2.35. The maximum atomic E-state index is 14.6. The summed E-state index contributed by atoms with van der Waals surface area (Å²) in [7, 11) is -2.77. The number of ether oxygens (including phenoxy) is 1. The van der Waals surface area contributed by atoms with Crippen molar-refractivity contribution < 1.29 is 22.7 Å². The number of sulfonamides is 1. The Morgan fingerprint density at radius 3 is 2.09 bits per heavy atom. The number of carbonyl (C=O) groups is 2. The van der Waals surface area contributed by atoms with Gasteiger partial charge in [0.1, 0.15) is 18.3 Å². The number of nitrogens with zero attached hydrogens (tertiary/aromatic N) is 2. The molecule has 4 aromatic carbocycles. The summed E-state index contributed by atoms with van der Waals surface area (Å²) in [5.74, 6) is -0.528. The first-order chi connectivity index (χ1) is 21.6. The second-order valence-electron chi connectivity index (χ2n) is 11.0. The van der Waals surface area contributed by atoms with Crippen LogP contribution in [0.4, 0.5) is 5.69 Å². The Morgan fingerprint density at radius 2 is 1.44 bits per heavy atom. The molecule has 4 rings (SSSR count). The fourth-order valence-corrected chi connectivity index (χ4v) is 6.48. The number of hydrogen-bond donors (Lipinski definition) is 1. The number of carbonyl (C=O) groups excluding carboxylic acids is 2. The van der Waals surface area contributed by atoms with Crippen molar-refractivity contribution in [1.29, 1.82) is 0 Å². The van der Waals surface area contributed by atoms with Gasteiger partial charge in [-0.15, -0.1) is 0 Å². The summed E-state index contributed by atoms with van der Waals surface area (Å²) in [6, 6.07) is 30.8. The van der Waals surface area contributed by atoms with Crippen molar-refractivity contribution in [3.8, 4) is 5.75 Å². The van der Waals surface area contributed by atoms with Crippen LogP contribution in [0.5, 0.6) is 5.75 Å². The average Bonchev–Trinajstić information content (AvgIpc) is 3.06.